The van der Waals surface area contributed by atoms with Crippen LogP contribution in [0.25, 0.3) is 0 Å². The Balaban J connectivity index is 1.51. The summed E-state index contributed by atoms with van der Waals surface area (Å²) in [6, 6.07) is 12.1. The van der Waals surface area contributed by atoms with Gasteiger partial charge in [-0.3, -0.25) is 14.3 Å². The summed E-state index contributed by atoms with van der Waals surface area (Å²) in [5.74, 6) is -0.555. The number of halogens is 1. The Bertz CT molecular complexity index is 1020. The molecule has 2 amide bonds. The molecule has 3 fully saturated rings. The van der Waals surface area contributed by atoms with Crippen molar-refractivity contribution in [2.45, 2.75) is 63.7 Å². The van der Waals surface area contributed by atoms with E-state index in [1.54, 1.807) is 11.1 Å². The highest BCUT2D eigenvalue weighted by molar-refractivity contribution is 5.91. The molecule has 1 spiro atoms. The van der Waals surface area contributed by atoms with Gasteiger partial charge in [-0.05, 0) is 51.2 Å². The minimum absolute atomic E-state index is 0.0770. The van der Waals surface area contributed by atoms with Crippen LogP contribution in [0, 0.1) is 5.41 Å². The Kier molecular flexibility index (Phi) is 5.10. The molecule has 0 unspecified atom stereocenters. The predicted octanol–water partition coefficient (Wildman–Crippen LogP) is 3.70. The van der Waals surface area contributed by atoms with Gasteiger partial charge in [0.05, 0.1) is 5.41 Å². The van der Waals surface area contributed by atoms with Gasteiger partial charge in [0.2, 0.25) is 5.91 Å². The summed E-state index contributed by atoms with van der Waals surface area (Å²) in [5, 5.41) is 4.50. The van der Waals surface area contributed by atoms with Gasteiger partial charge in [-0.1, -0.05) is 30.3 Å². The average Bonchev–Trinajstić information content (AvgIpc) is 3.20. The molecule has 3 heterocycles. The Hall–Kier alpha value is -2.70. The highest BCUT2D eigenvalue weighted by atomic mass is 19.1. The van der Waals surface area contributed by atoms with Crippen LogP contribution < -0.4 is 0 Å². The first-order valence-electron chi connectivity index (χ1n) is 11.7. The van der Waals surface area contributed by atoms with Crippen LogP contribution in [0.3, 0.4) is 0 Å². The molecular formula is C25H31FN4O2. The van der Waals surface area contributed by atoms with Crippen LogP contribution in [0.15, 0.2) is 42.6 Å². The molecule has 0 bridgehead atoms. The van der Waals surface area contributed by atoms with Crippen LogP contribution in [0.5, 0.6) is 0 Å². The second kappa shape index (κ2) is 7.71. The fourth-order valence-electron chi connectivity index (χ4n) is 5.61. The molecule has 1 aromatic carbocycles. The number of alkyl halides is 1. The minimum Gasteiger partial charge on any atom is -0.338 e. The Labute approximate surface area is 188 Å². The van der Waals surface area contributed by atoms with Crippen molar-refractivity contribution in [2.24, 2.45) is 5.41 Å². The molecule has 2 saturated heterocycles. The van der Waals surface area contributed by atoms with Crippen LogP contribution in [0.1, 0.15) is 62.7 Å². The first kappa shape index (κ1) is 21.2. The number of piperidine rings is 1. The summed E-state index contributed by atoms with van der Waals surface area (Å²) in [5.41, 5.74) is -0.404. The summed E-state index contributed by atoms with van der Waals surface area (Å²) in [6.45, 7) is 6.03. The zero-order valence-corrected chi connectivity index (χ0v) is 18.8. The van der Waals surface area contributed by atoms with E-state index in [0.717, 1.165) is 17.7 Å². The van der Waals surface area contributed by atoms with Crippen molar-refractivity contribution in [1.29, 1.82) is 0 Å². The highest BCUT2D eigenvalue weighted by Gasteiger charge is 2.61. The highest BCUT2D eigenvalue weighted by Crippen LogP contribution is 2.52. The second-order valence-corrected chi connectivity index (χ2v) is 9.97. The number of benzene rings is 1. The van der Waals surface area contributed by atoms with Crippen LogP contribution in [0.4, 0.5) is 4.39 Å². The third-order valence-electron chi connectivity index (χ3n) is 7.43. The van der Waals surface area contributed by atoms with Gasteiger partial charge in [0.15, 0.2) is 5.67 Å². The van der Waals surface area contributed by atoms with E-state index >= 15 is 0 Å². The third kappa shape index (κ3) is 3.42. The molecule has 1 aliphatic carbocycles. The number of aromatic nitrogens is 2. The number of carbonyl (C=O) groups excluding carboxylic acids is 2. The number of carbonyl (C=O) groups is 2. The second-order valence-electron chi connectivity index (χ2n) is 9.97. The molecule has 1 aromatic heterocycles. The Morgan fingerprint density at radius 1 is 1.19 bits per heavy atom. The maximum absolute atomic E-state index is 14.7. The van der Waals surface area contributed by atoms with E-state index in [1.165, 1.54) is 0 Å². The van der Waals surface area contributed by atoms with Crippen LogP contribution >= 0.6 is 0 Å². The van der Waals surface area contributed by atoms with E-state index in [0.29, 0.717) is 26.1 Å². The molecular weight excluding hydrogens is 407 g/mol. The van der Waals surface area contributed by atoms with E-state index < -0.39 is 17.0 Å². The summed E-state index contributed by atoms with van der Waals surface area (Å²) in [7, 11) is 0. The van der Waals surface area contributed by atoms with E-state index in [9.17, 15) is 14.0 Å². The van der Waals surface area contributed by atoms with Gasteiger partial charge in [-0.15, -0.1) is 0 Å². The number of rotatable bonds is 5. The predicted molar refractivity (Wildman–Crippen MR) is 119 cm³/mol. The van der Waals surface area contributed by atoms with Crippen molar-refractivity contribution in [3.8, 4) is 0 Å². The minimum atomic E-state index is -1.73. The van der Waals surface area contributed by atoms with Gasteiger partial charge in [0.1, 0.15) is 0 Å². The maximum atomic E-state index is 14.7. The first-order chi connectivity index (χ1) is 15.3. The molecule has 5 rings (SSSR count). The molecule has 0 radical (unpaired) electrons. The zero-order chi connectivity index (χ0) is 22.5. The van der Waals surface area contributed by atoms with Gasteiger partial charge in [-0.2, -0.15) is 5.10 Å². The first-order valence-corrected chi connectivity index (χ1v) is 11.7. The summed E-state index contributed by atoms with van der Waals surface area (Å²) < 4.78 is 16.7. The fourth-order valence-corrected chi connectivity index (χ4v) is 5.61. The number of likely N-dealkylation sites (tertiary alicyclic amines) is 2. The largest absolute Gasteiger partial charge is 0.338 e. The molecule has 7 heteroatoms. The molecule has 3 aliphatic rings. The molecule has 2 aromatic rings. The van der Waals surface area contributed by atoms with Gasteiger partial charge < -0.3 is 9.80 Å². The van der Waals surface area contributed by atoms with E-state index in [1.807, 2.05) is 46.0 Å². The molecule has 170 valence electrons. The van der Waals surface area contributed by atoms with Crippen LogP contribution in [-0.4, -0.2) is 56.7 Å². The number of nitrogens with zero attached hydrogens (tertiary/aromatic N) is 4. The van der Waals surface area contributed by atoms with Gasteiger partial charge >= 0.3 is 0 Å². The standard InChI is InChI=1S/C25H31FN4O2/c1-18(2)30-21(9-13-27-30)20-16-29(23(32)25(26)11-12-25)17-24(20)10-6-14-28(22(24)31)15-19-7-4-3-5-8-19/h3-5,7-9,13,18,20H,6,10-12,14-17H2,1-2H3/t20-,24+/m0/s1. The van der Waals surface area contributed by atoms with Crippen LogP contribution in [-0.2, 0) is 16.1 Å². The van der Waals surface area contributed by atoms with E-state index in [4.69, 9.17) is 0 Å². The fraction of sp³-hybridized carbons (Fsp3) is 0.560. The SMILES string of the molecule is CC(C)n1nccc1[C@@H]1CN(C(=O)C2(F)CC2)C[C@]12CCCN(Cc1ccccc1)C2=O. The smallest absolute Gasteiger partial charge is 0.260 e. The maximum Gasteiger partial charge on any atom is 0.260 e. The van der Waals surface area contributed by atoms with E-state index in [-0.39, 0.29) is 37.3 Å². The summed E-state index contributed by atoms with van der Waals surface area (Å²) >= 11 is 0. The van der Waals surface area contributed by atoms with Gasteiger partial charge in [-0.25, -0.2) is 4.39 Å². The lowest BCUT2D eigenvalue weighted by Crippen LogP contribution is -2.52. The topological polar surface area (TPSA) is 58.4 Å². The molecule has 6 nitrogen and oxygen atoms in total. The molecule has 32 heavy (non-hydrogen) atoms. The lowest BCUT2D eigenvalue weighted by Gasteiger charge is -2.42. The number of amides is 2. The van der Waals surface area contributed by atoms with Crippen molar-refractivity contribution in [3.05, 3.63) is 53.9 Å². The summed E-state index contributed by atoms with van der Waals surface area (Å²) in [6.07, 6.45) is 3.91. The lowest BCUT2D eigenvalue weighted by molar-refractivity contribution is -0.148. The summed E-state index contributed by atoms with van der Waals surface area (Å²) in [4.78, 5) is 30.6. The van der Waals surface area contributed by atoms with Crippen LogP contribution in [0.2, 0.25) is 0 Å². The number of hydrogen-bond acceptors (Lipinski definition) is 3. The van der Waals surface area contributed by atoms with Crippen molar-refractivity contribution >= 4 is 11.8 Å². The van der Waals surface area contributed by atoms with Crippen molar-refractivity contribution in [1.82, 2.24) is 19.6 Å². The lowest BCUT2D eigenvalue weighted by atomic mass is 9.70. The zero-order valence-electron chi connectivity index (χ0n) is 18.8. The van der Waals surface area contributed by atoms with E-state index in [2.05, 4.69) is 18.9 Å². The average molecular weight is 439 g/mol. The third-order valence-corrected chi connectivity index (χ3v) is 7.43. The van der Waals surface area contributed by atoms with Crippen molar-refractivity contribution < 1.29 is 14.0 Å². The van der Waals surface area contributed by atoms with Crippen molar-refractivity contribution in [3.63, 3.8) is 0 Å². The monoisotopic (exact) mass is 438 g/mol. The Morgan fingerprint density at radius 2 is 1.94 bits per heavy atom. The molecule has 0 N–H and O–H groups in total. The van der Waals surface area contributed by atoms with Gasteiger partial charge in [0, 0.05) is 50.0 Å². The molecule has 2 aliphatic heterocycles. The van der Waals surface area contributed by atoms with Crippen molar-refractivity contribution in [2.75, 3.05) is 19.6 Å². The Morgan fingerprint density at radius 3 is 2.62 bits per heavy atom. The number of hydrogen-bond donors (Lipinski definition) is 0. The molecule has 1 saturated carbocycles. The normalized spacial score (nSPS) is 26.9. The van der Waals surface area contributed by atoms with Gasteiger partial charge in [0.25, 0.3) is 5.91 Å². The molecule has 2 atom stereocenters. The quantitative estimate of drug-likeness (QED) is 0.715.